The zero-order chi connectivity index (χ0) is 79.4. The van der Waals surface area contributed by atoms with E-state index in [0.29, 0.717) is 276 Å². The molecule has 0 spiro atoms. The first-order valence-corrected chi connectivity index (χ1v) is 38.6. The minimum atomic E-state index is 0.136. The smallest absolute Gasteiger partial charge is 0.203 e. The number of benzene rings is 3. The summed E-state index contributed by atoms with van der Waals surface area (Å²) in [5.41, 5.74) is 9.03. The van der Waals surface area contributed by atoms with E-state index >= 15 is 0 Å². The Morgan fingerprint density at radius 1 is 0.283 bits per heavy atom. The Bertz CT molecular complexity index is 3770. The van der Waals surface area contributed by atoms with E-state index in [1.807, 2.05) is 97.1 Å². The average Bonchev–Trinajstić information content (AvgIpc) is 1.75. The van der Waals surface area contributed by atoms with Crippen LogP contribution in [0, 0.1) is 11.8 Å². The maximum atomic E-state index is 6.71. The number of nitrogens with one attached hydrogen (secondary N) is 2. The lowest BCUT2D eigenvalue weighted by Gasteiger charge is -2.19. The van der Waals surface area contributed by atoms with Crippen molar-refractivity contribution in [3.05, 3.63) is 111 Å². The van der Waals surface area contributed by atoms with Gasteiger partial charge in [0, 0.05) is 70.4 Å². The standard InChI is InChI=1S/C83H111BrN4O25/c1-89-22-28-96-34-40-102-46-52-108-75-58-63(59-76(109-53-47-103-41-35-97-29-23-90-2)82(75)112-56-50-106-44-38-100-32-26-93-5)79-69-16-14-67(85-69)66(13-10-62-8-11-65(95-7)12-9-62)68-15-17-70(86-68)80(72-19-21-74(88-72)81(84)73-20-18-71(79)87-73)64-60-77(110-54-48-104-42-36-98-30-24-91-3)83(113-57-51-107-45-39-101-33-27-94-6)78(61-64)111-55-49-105-43-37-99-31-25-92-4/h8-9,11-12,14-21,58-61,85,88H,22-57H2,1-7H3. The highest BCUT2D eigenvalue weighted by Gasteiger charge is 2.25. The van der Waals surface area contributed by atoms with Crippen molar-refractivity contribution in [1.82, 2.24) is 19.9 Å². The third kappa shape index (κ3) is 32.4. The van der Waals surface area contributed by atoms with Gasteiger partial charge >= 0.3 is 0 Å². The minimum Gasteiger partial charge on any atom is -0.497 e. The van der Waals surface area contributed by atoms with Gasteiger partial charge in [0.25, 0.3) is 0 Å². The van der Waals surface area contributed by atoms with Gasteiger partial charge in [0.2, 0.25) is 11.5 Å². The number of H-pyrrole nitrogens is 2. The quantitative estimate of drug-likeness (QED) is 0.0264. The van der Waals surface area contributed by atoms with Crippen LogP contribution in [0.15, 0.2) is 77.3 Å². The first kappa shape index (κ1) is 90.7. The number of aromatic amines is 2. The fourth-order valence-electron chi connectivity index (χ4n) is 10.9. The van der Waals surface area contributed by atoms with Gasteiger partial charge in [-0.05, 0) is 124 Å². The van der Waals surface area contributed by atoms with Crippen LogP contribution in [-0.2, 0) is 85.3 Å². The van der Waals surface area contributed by atoms with Gasteiger partial charge in [0.05, 0.1) is 249 Å². The molecular weight excluding hydrogens is 1530 g/mol. The van der Waals surface area contributed by atoms with Crippen LogP contribution in [0.2, 0.25) is 0 Å². The molecule has 2 aliphatic rings. The van der Waals surface area contributed by atoms with Crippen LogP contribution in [0.1, 0.15) is 33.9 Å². The van der Waals surface area contributed by atoms with Gasteiger partial charge in [0.15, 0.2) is 23.0 Å². The van der Waals surface area contributed by atoms with Gasteiger partial charge in [-0.25, -0.2) is 9.97 Å². The number of halogens is 1. The number of hydrogen-bond donors (Lipinski definition) is 2. The molecule has 0 atom stereocenters. The van der Waals surface area contributed by atoms with E-state index in [0.717, 1.165) is 5.56 Å². The van der Waals surface area contributed by atoms with Crippen molar-refractivity contribution in [3.63, 3.8) is 0 Å². The highest BCUT2D eigenvalue weighted by atomic mass is 79.9. The Morgan fingerprint density at radius 2 is 0.558 bits per heavy atom. The van der Waals surface area contributed by atoms with Gasteiger partial charge < -0.3 is 128 Å². The summed E-state index contributed by atoms with van der Waals surface area (Å²) in [6.45, 7) is 12.1. The maximum Gasteiger partial charge on any atom is 0.203 e. The van der Waals surface area contributed by atoms with E-state index in [4.69, 9.17) is 128 Å². The molecule has 0 fully saturated rings. The van der Waals surface area contributed by atoms with Crippen LogP contribution in [-0.4, -0.2) is 308 Å². The molecule has 0 saturated heterocycles. The number of rotatable bonds is 63. The van der Waals surface area contributed by atoms with Gasteiger partial charge in [0.1, 0.15) is 45.4 Å². The number of nitrogens with zero attached hydrogens (tertiary/aromatic N) is 2. The van der Waals surface area contributed by atoms with Crippen LogP contribution in [0.5, 0.6) is 40.2 Å². The number of methoxy groups -OCH3 is 7. The second kappa shape index (κ2) is 55.6. The lowest BCUT2D eigenvalue weighted by molar-refractivity contribution is 0.0146. The molecule has 3 aromatic heterocycles. The van der Waals surface area contributed by atoms with E-state index < -0.39 is 0 Å². The Labute approximate surface area is 670 Å². The first-order chi connectivity index (χ1) is 55.8. The molecule has 3 aromatic carbocycles. The third-order valence-corrected chi connectivity index (χ3v) is 17.3. The van der Waals surface area contributed by atoms with Crippen LogP contribution in [0.25, 0.3) is 68.6 Å². The second-order valence-electron chi connectivity index (χ2n) is 24.4. The molecule has 0 radical (unpaired) electrons. The number of ether oxygens (including phenoxy) is 25. The zero-order valence-electron chi connectivity index (χ0n) is 66.2. The fraction of sp³-hybridized carbons (Fsp3) is 0.518. The molecule has 8 bridgehead atoms. The SMILES string of the molecule is COCCOCCOCCOc1cc(-c2c3nc(c(C#Cc4ccc(OC)cc4)c4ccc([nH]4)c(-c4cc(OCCOCCOCCOC)c(OCCOCCOCCOC)c(OCCOCCOCCOC)c4)c4nc(c(Br)c5ccc2[nH]5)C=C4)C=C3)cc(OCCOCCOCCOC)c1OCCOCCOCCOC. The summed E-state index contributed by atoms with van der Waals surface area (Å²) >= 11 is 4.02. The highest BCUT2D eigenvalue weighted by Crippen LogP contribution is 2.46. The van der Waals surface area contributed by atoms with Crippen molar-refractivity contribution in [3.8, 4) is 74.3 Å². The predicted octanol–water partition coefficient (Wildman–Crippen LogP) is 10.5. The van der Waals surface area contributed by atoms with Crippen molar-refractivity contribution in [2.45, 2.75) is 0 Å². The number of fused-ring (bicyclic) bond motifs is 8. The van der Waals surface area contributed by atoms with Crippen LogP contribution in [0.4, 0.5) is 0 Å². The molecule has 0 amide bonds. The number of hydrogen-bond acceptors (Lipinski definition) is 27. The van der Waals surface area contributed by atoms with E-state index in [9.17, 15) is 0 Å². The lowest BCUT2D eigenvalue weighted by Crippen LogP contribution is -2.15. The maximum absolute atomic E-state index is 6.71. The van der Waals surface area contributed by atoms with Gasteiger partial charge in [-0.3, -0.25) is 0 Å². The summed E-state index contributed by atoms with van der Waals surface area (Å²) in [5, 5.41) is 0. The van der Waals surface area contributed by atoms with Crippen molar-refractivity contribution in [2.75, 3.05) is 288 Å². The lowest BCUT2D eigenvalue weighted by atomic mass is 10.0. The van der Waals surface area contributed by atoms with Crippen molar-refractivity contribution < 1.29 is 118 Å². The Hall–Kier alpha value is -7.82. The first-order valence-electron chi connectivity index (χ1n) is 37.8. The Morgan fingerprint density at radius 3 is 0.894 bits per heavy atom. The van der Waals surface area contributed by atoms with E-state index in [2.05, 4.69) is 37.7 Å². The van der Waals surface area contributed by atoms with Crippen molar-refractivity contribution in [2.24, 2.45) is 0 Å². The van der Waals surface area contributed by atoms with Crippen molar-refractivity contribution >= 4 is 62.3 Å². The summed E-state index contributed by atoms with van der Waals surface area (Å²) in [6.07, 6.45) is 7.86. The van der Waals surface area contributed by atoms with Gasteiger partial charge in [-0.15, -0.1) is 0 Å². The molecule has 113 heavy (non-hydrogen) atoms. The molecular formula is C83H111BrN4O25. The molecule has 0 saturated carbocycles. The van der Waals surface area contributed by atoms with Crippen molar-refractivity contribution in [1.29, 1.82) is 0 Å². The zero-order valence-corrected chi connectivity index (χ0v) is 67.8. The molecule has 2 N–H and O–H groups in total. The van der Waals surface area contributed by atoms with Crippen LogP contribution < -0.4 is 33.2 Å². The van der Waals surface area contributed by atoms with Gasteiger partial charge in [-0.2, -0.15) is 0 Å². The van der Waals surface area contributed by atoms with E-state index in [1.165, 1.54) is 0 Å². The number of aromatic nitrogens is 4. The molecule has 0 aliphatic carbocycles. The molecule has 29 nitrogen and oxygen atoms in total. The molecule has 5 heterocycles. The molecule has 0 unspecified atom stereocenters. The van der Waals surface area contributed by atoms with Gasteiger partial charge in [-0.1, -0.05) is 11.8 Å². The summed E-state index contributed by atoms with van der Waals surface area (Å²) < 4.78 is 147. The predicted molar refractivity (Wildman–Crippen MR) is 430 cm³/mol. The molecule has 2 aliphatic heterocycles. The normalized spacial score (nSPS) is 11.7. The summed E-state index contributed by atoms with van der Waals surface area (Å²) in [7, 11) is 11.4. The van der Waals surface area contributed by atoms with Crippen LogP contribution >= 0.6 is 15.9 Å². The Kier molecular flexibility index (Phi) is 44.7. The average molecular weight is 1640 g/mol. The minimum absolute atomic E-state index is 0.136. The third-order valence-electron chi connectivity index (χ3n) is 16.4. The summed E-state index contributed by atoms with van der Waals surface area (Å²) in [5.74, 6) is 9.81. The highest BCUT2D eigenvalue weighted by molar-refractivity contribution is 9.10. The molecule has 6 aromatic rings. The van der Waals surface area contributed by atoms with E-state index in [-0.39, 0.29) is 79.3 Å². The molecule has 620 valence electrons. The monoisotopic (exact) mass is 1640 g/mol. The van der Waals surface area contributed by atoms with Crippen LogP contribution in [0.3, 0.4) is 0 Å². The molecule has 30 heteroatoms. The largest absolute Gasteiger partial charge is 0.497 e. The topological polar surface area (TPSA) is 288 Å². The molecule has 8 rings (SSSR count). The Balaban J connectivity index is 1.30. The summed E-state index contributed by atoms with van der Waals surface area (Å²) in [4.78, 5) is 18.5. The van der Waals surface area contributed by atoms with E-state index in [1.54, 1.807) is 49.8 Å². The summed E-state index contributed by atoms with van der Waals surface area (Å²) in [6, 6.07) is 23.2. The second-order valence-corrected chi connectivity index (χ2v) is 25.2. The fourth-order valence-corrected chi connectivity index (χ4v) is 11.4.